The molecule has 0 saturated carbocycles. The van der Waals surface area contributed by atoms with Gasteiger partial charge in [-0.1, -0.05) is 35.5 Å². The van der Waals surface area contributed by atoms with Gasteiger partial charge in [0.1, 0.15) is 17.2 Å². The van der Waals surface area contributed by atoms with Gasteiger partial charge in [0.25, 0.3) is 5.91 Å². The van der Waals surface area contributed by atoms with Crippen molar-refractivity contribution in [3.63, 3.8) is 0 Å². The van der Waals surface area contributed by atoms with Crippen molar-refractivity contribution in [1.29, 1.82) is 0 Å². The van der Waals surface area contributed by atoms with E-state index in [0.29, 0.717) is 30.2 Å². The molecule has 0 atom stereocenters. The number of hydrogen-bond acceptors (Lipinski definition) is 6. The molecule has 0 radical (unpaired) electrons. The van der Waals surface area contributed by atoms with Crippen LogP contribution in [0.25, 0.3) is 11.3 Å². The van der Waals surface area contributed by atoms with Gasteiger partial charge in [-0.05, 0) is 49.2 Å². The van der Waals surface area contributed by atoms with Gasteiger partial charge < -0.3 is 23.5 Å². The number of furan rings is 1. The summed E-state index contributed by atoms with van der Waals surface area (Å²) in [6.45, 7) is 2.50. The molecule has 2 aromatic carbocycles. The third-order valence-electron chi connectivity index (χ3n) is 6.11. The van der Waals surface area contributed by atoms with Crippen LogP contribution in [0.3, 0.4) is 0 Å². The highest BCUT2D eigenvalue weighted by molar-refractivity contribution is 5.94. The van der Waals surface area contributed by atoms with Crippen molar-refractivity contribution < 1.29 is 18.5 Å². The third-order valence-corrected chi connectivity index (χ3v) is 6.11. The van der Waals surface area contributed by atoms with E-state index in [2.05, 4.69) is 10.1 Å². The van der Waals surface area contributed by atoms with Crippen molar-refractivity contribution in [2.45, 2.75) is 25.9 Å². The lowest BCUT2D eigenvalue weighted by atomic mass is 10.1. The summed E-state index contributed by atoms with van der Waals surface area (Å²) in [6.07, 6.45) is 3.85. The van der Waals surface area contributed by atoms with Crippen LogP contribution in [0, 0.1) is 0 Å². The average Bonchev–Trinajstić information content (AvgIpc) is 3.66. The van der Waals surface area contributed by atoms with E-state index >= 15 is 0 Å². The van der Waals surface area contributed by atoms with E-state index in [4.69, 9.17) is 13.7 Å². The zero-order valence-electron chi connectivity index (χ0n) is 19.1. The maximum atomic E-state index is 13.7. The van der Waals surface area contributed by atoms with Crippen LogP contribution in [0.1, 0.15) is 34.5 Å². The smallest absolute Gasteiger partial charge is 0.254 e. The van der Waals surface area contributed by atoms with Gasteiger partial charge in [-0.15, -0.1) is 0 Å². The number of ether oxygens (including phenoxy) is 1. The molecule has 0 aliphatic carbocycles. The summed E-state index contributed by atoms with van der Waals surface area (Å²) in [5.74, 6) is 2.05. The second-order valence-electron chi connectivity index (χ2n) is 8.34. The summed E-state index contributed by atoms with van der Waals surface area (Å²) >= 11 is 0. The Hall–Kier alpha value is -4.00. The molecule has 2 aromatic heterocycles. The minimum atomic E-state index is -0.105. The highest BCUT2D eigenvalue weighted by Gasteiger charge is 2.28. The molecule has 0 N–H and O–H groups in total. The number of nitrogens with zero attached hydrogens (tertiary/aromatic N) is 3. The number of rotatable bonds is 8. The monoisotopic (exact) mass is 457 g/mol. The fourth-order valence-corrected chi connectivity index (χ4v) is 4.33. The second-order valence-corrected chi connectivity index (χ2v) is 8.34. The Morgan fingerprint density at radius 3 is 2.44 bits per heavy atom. The molecule has 174 valence electrons. The second kappa shape index (κ2) is 9.87. The molecule has 34 heavy (non-hydrogen) atoms. The number of amides is 1. The summed E-state index contributed by atoms with van der Waals surface area (Å²) in [4.78, 5) is 17.7. The molecule has 1 aliphatic rings. The van der Waals surface area contributed by atoms with E-state index in [9.17, 15) is 4.79 Å². The lowest BCUT2D eigenvalue weighted by molar-refractivity contribution is 0.0718. The number of carbonyl (C=O) groups excluding carboxylic acids is 1. The summed E-state index contributed by atoms with van der Waals surface area (Å²) in [6, 6.07) is 20.8. The molecule has 5 rings (SSSR count). The van der Waals surface area contributed by atoms with Gasteiger partial charge in [0, 0.05) is 24.2 Å². The molecule has 3 heterocycles. The predicted octanol–water partition coefficient (Wildman–Crippen LogP) is 5.39. The molecule has 1 fully saturated rings. The summed E-state index contributed by atoms with van der Waals surface area (Å²) in [5.41, 5.74) is 3.20. The highest BCUT2D eigenvalue weighted by Crippen LogP contribution is 2.34. The Morgan fingerprint density at radius 1 is 1.00 bits per heavy atom. The van der Waals surface area contributed by atoms with Crippen molar-refractivity contribution in [1.82, 2.24) is 10.1 Å². The number of benzene rings is 2. The van der Waals surface area contributed by atoms with Crippen LogP contribution in [-0.2, 0) is 13.1 Å². The van der Waals surface area contributed by atoms with E-state index in [1.54, 1.807) is 42.5 Å². The first kappa shape index (κ1) is 21.8. The van der Waals surface area contributed by atoms with Crippen molar-refractivity contribution >= 4 is 11.8 Å². The maximum absolute atomic E-state index is 13.7. The Kier molecular flexibility index (Phi) is 6.33. The fraction of sp³-hybridized carbons (Fsp3) is 0.259. The summed E-state index contributed by atoms with van der Waals surface area (Å²) in [7, 11) is 1.61. The Morgan fingerprint density at radius 2 is 1.76 bits per heavy atom. The molecule has 0 bridgehead atoms. The average molecular weight is 458 g/mol. The molecule has 0 unspecified atom stereocenters. The first-order valence-electron chi connectivity index (χ1n) is 11.5. The SMILES string of the molecule is COc1ccc(C(=O)N(Cc2ccco2)Cc2c(-c3ccccc3)noc2N2CCCC2)cc1. The van der Waals surface area contributed by atoms with E-state index in [-0.39, 0.29) is 5.91 Å². The quantitative estimate of drug-likeness (QED) is 0.353. The van der Waals surface area contributed by atoms with Crippen molar-refractivity contribution in [2.75, 3.05) is 25.1 Å². The fourth-order valence-electron chi connectivity index (χ4n) is 4.33. The molecule has 4 aromatic rings. The van der Waals surface area contributed by atoms with Crippen LogP contribution in [-0.4, -0.2) is 36.2 Å². The molecule has 7 heteroatoms. The number of anilines is 1. The molecular weight excluding hydrogens is 430 g/mol. The highest BCUT2D eigenvalue weighted by atomic mass is 16.5. The molecule has 1 amide bonds. The van der Waals surface area contributed by atoms with Crippen molar-refractivity contribution in [3.05, 3.63) is 89.9 Å². The zero-order chi connectivity index (χ0) is 23.3. The molecular formula is C27H27N3O4. The Bertz CT molecular complexity index is 1210. The third kappa shape index (κ3) is 4.55. The van der Waals surface area contributed by atoms with Crippen LogP contribution in [0.2, 0.25) is 0 Å². The number of methoxy groups -OCH3 is 1. The first-order chi connectivity index (χ1) is 16.7. The van der Waals surface area contributed by atoms with E-state index in [1.807, 2.05) is 42.5 Å². The molecule has 7 nitrogen and oxygen atoms in total. The van der Waals surface area contributed by atoms with Gasteiger partial charge in [0.05, 0.1) is 32.0 Å². The minimum Gasteiger partial charge on any atom is -0.497 e. The standard InChI is InChI=1S/C27H27N3O4/c1-32-22-13-11-21(12-14-22)26(31)30(18-23-10-7-17-33-23)19-24-25(20-8-3-2-4-9-20)28-34-27(24)29-15-5-6-16-29/h2-4,7-14,17H,5-6,15-16,18-19H2,1H3. The van der Waals surface area contributed by atoms with Gasteiger partial charge in [-0.2, -0.15) is 0 Å². The predicted molar refractivity (Wildman–Crippen MR) is 129 cm³/mol. The van der Waals surface area contributed by atoms with Crippen LogP contribution in [0.4, 0.5) is 5.88 Å². The van der Waals surface area contributed by atoms with Gasteiger partial charge in [0.15, 0.2) is 0 Å². The van der Waals surface area contributed by atoms with Crippen LogP contribution < -0.4 is 9.64 Å². The Balaban J connectivity index is 1.53. The van der Waals surface area contributed by atoms with Gasteiger partial charge >= 0.3 is 0 Å². The molecule has 0 spiro atoms. The summed E-state index contributed by atoms with van der Waals surface area (Å²) < 4.78 is 16.7. The maximum Gasteiger partial charge on any atom is 0.254 e. The minimum absolute atomic E-state index is 0.105. The van der Waals surface area contributed by atoms with Gasteiger partial charge in [-0.25, -0.2) is 0 Å². The Labute approximate surface area is 198 Å². The van der Waals surface area contributed by atoms with Crippen molar-refractivity contribution in [3.8, 4) is 17.0 Å². The first-order valence-corrected chi connectivity index (χ1v) is 11.5. The number of aromatic nitrogens is 1. The van der Waals surface area contributed by atoms with E-state index in [0.717, 1.165) is 48.6 Å². The lowest BCUT2D eigenvalue weighted by Crippen LogP contribution is -2.31. The molecule has 1 saturated heterocycles. The van der Waals surface area contributed by atoms with Gasteiger partial charge in [0.2, 0.25) is 5.88 Å². The van der Waals surface area contributed by atoms with Crippen LogP contribution >= 0.6 is 0 Å². The largest absolute Gasteiger partial charge is 0.497 e. The normalized spacial score (nSPS) is 13.3. The lowest BCUT2D eigenvalue weighted by Gasteiger charge is -2.24. The number of carbonyl (C=O) groups is 1. The van der Waals surface area contributed by atoms with Crippen LogP contribution in [0.15, 0.2) is 81.9 Å². The van der Waals surface area contributed by atoms with E-state index < -0.39 is 0 Å². The van der Waals surface area contributed by atoms with E-state index in [1.165, 1.54) is 0 Å². The van der Waals surface area contributed by atoms with Crippen molar-refractivity contribution in [2.24, 2.45) is 0 Å². The molecule has 1 aliphatic heterocycles. The topological polar surface area (TPSA) is 72.0 Å². The zero-order valence-corrected chi connectivity index (χ0v) is 19.1. The van der Waals surface area contributed by atoms with Crippen LogP contribution in [0.5, 0.6) is 5.75 Å². The number of hydrogen-bond donors (Lipinski definition) is 0. The summed E-state index contributed by atoms with van der Waals surface area (Å²) in [5, 5.41) is 4.44. The van der Waals surface area contributed by atoms with Gasteiger partial charge in [-0.3, -0.25) is 4.79 Å².